The van der Waals surface area contributed by atoms with Gasteiger partial charge in [0.1, 0.15) is 0 Å². The monoisotopic (exact) mass is 289 g/mol. The summed E-state index contributed by atoms with van der Waals surface area (Å²) >= 11 is 6.10. The number of carbonyl (C=O) groups excluding carboxylic acids is 1. The SMILES string of the molecule is COCc1ccc(C(=O)Nc2ccc(C)cc2Cl)cc1. The maximum atomic E-state index is 12.1. The molecule has 0 atom stereocenters. The lowest BCUT2D eigenvalue weighted by Crippen LogP contribution is -2.12. The van der Waals surface area contributed by atoms with Crippen molar-refractivity contribution in [3.63, 3.8) is 0 Å². The number of hydrogen-bond donors (Lipinski definition) is 1. The first-order valence-corrected chi connectivity index (χ1v) is 6.63. The average molecular weight is 290 g/mol. The van der Waals surface area contributed by atoms with Crippen molar-refractivity contribution in [3.05, 3.63) is 64.2 Å². The lowest BCUT2D eigenvalue weighted by Gasteiger charge is -2.08. The Morgan fingerprint density at radius 3 is 2.50 bits per heavy atom. The van der Waals surface area contributed by atoms with Crippen LogP contribution in [0.3, 0.4) is 0 Å². The van der Waals surface area contributed by atoms with Crippen molar-refractivity contribution in [1.82, 2.24) is 0 Å². The highest BCUT2D eigenvalue weighted by atomic mass is 35.5. The van der Waals surface area contributed by atoms with Gasteiger partial charge in [0.05, 0.1) is 17.3 Å². The van der Waals surface area contributed by atoms with E-state index in [1.54, 1.807) is 25.3 Å². The van der Waals surface area contributed by atoms with Crippen molar-refractivity contribution in [3.8, 4) is 0 Å². The van der Waals surface area contributed by atoms with E-state index in [-0.39, 0.29) is 5.91 Å². The number of anilines is 1. The van der Waals surface area contributed by atoms with Crippen LogP contribution in [-0.4, -0.2) is 13.0 Å². The highest BCUT2D eigenvalue weighted by molar-refractivity contribution is 6.34. The second-order valence-electron chi connectivity index (χ2n) is 4.57. The number of benzene rings is 2. The fraction of sp³-hybridized carbons (Fsp3) is 0.188. The van der Waals surface area contributed by atoms with Gasteiger partial charge in [0, 0.05) is 12.7 Å². The number of rotatable bonds is 4. The summed E-state index contributed by atoms with van der Waals surface area (Å²) in [5.74, 6) is -0.181. The predicted molar refractivity (Wildman–Crippen MR) is 81.3 cm³/mol. The fourth-order valence-electron chi connectivity index (χ4n) is 1.84. The Morgan fingerprint density at radius 2 is 1.90 bits per heavy atom. The second kappa shape index (κ2) is 6.55. The molecule has 0 aliphatic rings. The van der Waals surface area contributed by atoms with Gasteiger partial charge >= 0.3 is 0 Å². The molecule has 104 valence electrons. The van der Waals surface area contributed by atoms with Crippen LogP contribution in [0, 0.1) is 6.92 Å². The molecule has 2 rings (SSSR count). The van der Waals surface area contributed by atoms with Crippen molar-refractivity contribution < 1.29 is 9.53 Å². The predicted octanol–water partition coefficient (Wildman–Crippen LogP) is 4.05. The Bertz CT molecular complexity index is 608. The summed E-state index contributed by atoms with van der Waals surface area (Å²) in [4.78, 5) is 12.1. The summed E-state index contributed by atoms with van der Waals surface area (Å²) in [5.41, 5.74) is 3.28. The standard InChI is InChI=1S/C16H16ClNO2/c1-11-3-8-15(14(17)9-11)18-16(19)13-6-4-12(5-7-13)10-20-2/h3-9H,10H2,1-2H3,(H,18,19). The third-order valence-electron chi connectivity index (χ3n) is 2.90. The van der Waals surface area contributed by atoms with Gasteiger partial charge in [-0.05, 0) is 42.3 Å². The van der Waals surface area contributed by atoms with Gasteiger partial charge < -0.3 is 10.1 Å². The molecule has 1 amide bonds. The molecule has 0 radical (unpaired) electrons. The largest absolute Gasteiger partial charge is 0.380 e. The van der Waals surface area contributed by atoms with Crippen LogP contribution in [0.1, 0.15) is 21.5 Å². The summed E-state index contributed by atoms with van der Waals surface area (Å²) in [6.45, 7) is 2.48. The normalized spacial score (nSPS) is 10.3. The smallest absolute Gasteiger partial charge is 0.255 e. The van der Waals surface area contributed by atoms with E-state index in [1.807, 2.05) is 31.2 Å². The Morgan fingerprint density at radius 1 is 1.20 bits per heavy atom. The van der Waals surface area contributed by atoms with Crippen LogP contribution < -0.4 is 5.32 Å². The van der Waals surface area contributed by atoms with Crippen LogP contribution in [0.25, 0.3) is 0 Å². The van der Waals surface area contributed by atoms with Gasteiger partial charge in [-0.15, -0.1) is 0 Å². The average Bonchev–Trinajstić information content (AvgIpc) is 2.43. The van der Waals surface area contributed by atoms with Crippen molar-refractivity contribution >= 4 is 23.2 Å². The number of halogens is 1. The molecule has 4 heteroatoms. The molecule has 0 fully saturated rings. The van der Waals surface area contributed by atoms with Crippen molar-refractivity contribution in [2.75, 3.05) is 12.4 Å². The Hall–Kier alpha value is -1.84. The summed E-state index contributed by atoms with van der Waals surface area (Å²) in [7, 11) is 1.64. The number of amides is 1. The highest BCUT2D eigenvalue weighted by Gasteiger charge is 2.08. The molecule has 0 aliphatic carbocycles. The molecule has 3 nitrogen and oxygen atoms in total. The quantitative estimate of drug-likeness (QED) is 0.922. The molecule has 0 saturated carbocycles. The molecule has 0 aromatic heterocycles. The molecule has 0 aliphatic heterocycles. The Balaban J connectivity index is 2.11. The number of methoxy groups -OCH3 is 1. The minimum atomic E-state index is -0.181. The van der Waals surface area contributed by atoms with Crippen molar-refractivity contribution in [1.29, 1.82) is 0 Å². The molecule has 0 heterocycles. The first kappa shape index (κ1) is 14.6. The molecule has 0 spiro atoms. The lowest BCUT2D eigenvalue weighted by molar-refractivity contribution is 0.102. The van der Waals surface area contributed by atoms with Gasteiger partial charge in [0.15, 0.2) is 0 Å². The molecule has 0 saturated heterocycles. The minimum Gasteiger partial charge on any atom is -0.380 e. The van der Waals surface area contributed by atoms with Crippen LogP contribution in [0.4, 0.5) is 5.69 Å². The van der Waals surface area contributed by atoms with Crippen LogP contribution in [-0.2, 0) is 11.3 Å². The zero-order chi connectivity index (χ0) is 14.5. The Labute approximate surface area is 123 Å². The van der Waals surface area contributed by atoms with E-state index in [2.05, 4.69) is 5.32 Å². The summed E-state index contributed by atoms with van der Waals surface area (Å²) in [6.07, 6.45) is 0. The van der Waals surface area contributed by atoms with E-state index in [4.69, 9.17) is 16.3 Å². The molecule has 2 aromatic carbocycles. The highest BCUT2D eigenvalue weighted by Crippen LogP contribution is 2.23. The number of nitrogens with one attached hydrogen (secondary N) is 1. The maximum absolute atomic E-state index is 12.1. The minimum absolute atomic E-state index is 0.181. The maximum Gasteiger partial charge on any atom is 0.255 e. The third-order valence-corrected chi connectivity index (χ3v) is 3.21. The first-order valence-electron chi connectivity index (χ1n) is 6.25. The molecule has 2 aromatic rings. The molecule has 0 unspecified atom stereocenters. The van der Waals surface area contributed by atoms with Crippen LogP contribution in [0.15, 0.2) is 42.5 Å². The zero-order valence-corrected chi connectivity index (χ0v) is 12.2. The molecular weight excluding hydrogens is 274 g/mol. The summed E-state index contributed by atoms with van der Waals surface area (Å²) in [5, 5.41) is 3.34. The van der Waals surface area contributed by atoms with Gasteiger partial charge in [-0.25, -0.2) is 0 Å². The second-order valence-corrected chi connectivity index (χ2v) is 4.97. The number of ether oxygens (including phenoxy) is 1. The van der Waals surface area contributed by atoms with Gasteiger partial charge in [-0.3, -0.25) is 4.79 Å². The van der Waals surface area contributed by atoms with Crippen LogP contribution in [0.5, 0.6) is 0 Å². The topological polar surface area (TPSA) is 38.3 Å². The van der Waals surface area contributed by atoms with E-state index < -0.39 is 0 Å². The lowest BCUT2D eigenvalue weighted by atomic mass is 10.1. The number of hydrogen-bond acceptors (Lipinski definition) is 2. The van der Waals surface area contributed by atoms with Crippen LogP contribution >= 0.6 is 11.6 Å². The van der Waals surface area contributed by atoms with Crippen LogP contribution in [0.2, 0.25) is 5.02 Å². The third kappa shape index (κ3) is 3.59. The van der Waals surface area contributed by atoms with E-state index in [0.717, 1.165) is 11.1 Å². The van der Waals surface area contributed by atoms with Crippen molar-refractivity contribution in [2.24, 2.45) is 0 Å². The van der Waals surface area contributed by atoms with Gasteiger partial charge in [-0.1, -0.05) is 29.8 Å². The van der Waals surface area contributed by atoms with Gasteiger partial charge in [0.2, 0.25) is 0 Å². The van der Waals surface area contributed by atoms with E-state index in [9.17, 15) is 4.79 Å². The molecule has 20 heavy (non-hydrogen) atoms. The van der Waals surface area contributed by atoms with Gasteiger partial charge in [-0.2, -0.15) is 0 Å². The van der Waals surface area contributed by atoms with Crippen molar-refractivity contribution in [2.45, 2.75) is 13.5 Å². The molecular formula is C16H16ClNO2. The molecule has 0 bridgehead atoms. The summed E-state index contributed by atoms with van der Waals surface area (Å²) < 4.78 is 5.03. The zero-order valence-electron chi connectivity index (χ0n) is 11.4. The number of carbonyl (C=O) groups is 1. The summed E-state index contributed by atoms with van der Waals surface area (Å²) in [6, 6.07) is 12.8. The molecule has 1 N–H and O–H groups in total. The van der Waals surface area contributed by atoms with E-state index in [1.165, 1.54) is 0 Å². The Kier molecular flexibility index (Phi) is 4.77. The first-order chi connectivity index (χ1) is 9.60. The van der Waals surface area contributed by atoms with Gasteiger partial charge in [0.25, 0.3) is 5.91 Å². The number of aryl methyl sites for hydroxylation is 1. The fourth-order valence-corrected chi connectivity index (χ4v) is 2.12. The van der Waals surface area contributed by atoms with E-state index in [0.29, 0.717) is 22.9 Å². The van der Waals surface area contributed by atoms with E-state index >= 15 is 0 Å².